The Balaban J connectivity index is 1.67. The molecule has 3 aromatic rings. The highest BCUT2D eigenvalue weighted by Gasteiger charge is 2.50. The third-order valence-electron chi connectivity index (χ3n) is 6.73. The molecular formula is C28H33ClN2O2Si. The number of hydrogen-bond acceptors (Lipinski definition) is 3. The number of nitrogens with zero attached hydrogens (tertiary/aromatic N) is 1. The van der Waals surface area contributed by atoms with Crippen LogP contribution in [-0.2, 0) is 9.22 Å². The minimum Gasteiger partial charge on any atom is -0.407 e. The Morgan fingerprint density at radius 1 is 1.00 bits per heavy atom. The maximum Gasteiger partial charge on any atom is 0.261 e. The zero-order valence-electron chi connectivity index (χ0n) is 20.1. The fourth-order valence-electron chi connectivity index (χ4n) is 5.07. The lowest BCUT2D eigenvalue weighted by atomic mass is 9.97. The number of nitrogens with two attached hydrogens (primary N) is 1. The quantitative estimate of drug-likeness (QED) is 0.378. The molecule has 178 valence electrons. The van der Waals surface area contributed by atoms with E-state index >= 15 is 0 Å². The van der Waals surface area contributed by atoms with Crippen molar-refractivity contribution in [2.75, 3.05) is 23.8 Å². The first-order valence-electron chi connectivity index (χ1n) is 11.9. The van der Waals surface area contributed by atoms with E-state index in [-0.39, 0.29) is 16.9 Å². The Labute approximate surface area is 208 Å². The number of amides is 1. The van der Waals surface area contributed by atoms with Crippen molar-refractivity contribution < 1.29 is 9.22 Å². The van der Waals surface area contributed by atoms with Gasteiger partial charge in [0.05, 0.1) is 16.6 Å². The number of anilines is 2. The number of benzene rings is 3. The summed E-state index contributed by atoms with van der Waals surface area (Å²) in [6.07, 6.45) is 1.71. The van der Waals surface area contributed by atoms with Crippen molar-refractivity contribution in [2.45, 2.75) is 38.7 Å². The van der Waals surface area contributed by atoms with Crippen molar-refractivity contribution in [3.63, 3.8) is 0 Å². The number of hydrogen-bond donors (Lipinski definition) is 1. The molecule has 1 unspecified atom stereocenters. The van der Waals surface area contributed by atoms with E-state index < -0.39 is 8.32 Å². The molecule has 0 radical (unpaired) electrons. The fraction of sp³-hybridized carbons (Fsp3) is 0.321. The van der Waals surface area contributed by atoms with Crippen LogP contribution in [0.5, 0.6) is 0 Å². The second-order valence-electron chi connectivity index (χ2n) is 10.0. The molecule has 1 aliphatic rings. The molecule has 3 aromatic carbocycles. The van der Waals surface area contributed by atoms with Crippen molar-refractivity contribution >= 4 is 47.6 Å². The second kappa shape index (κ2) is 9.94. The van der Waals surface area contributed by atoms with E-state index in [1.807, 2.05) is 18.2 Å². The maximum atomic E-state index is 13.6. The van der Waals surface area contributed by atoms with Crippen molar-refractivity contribution in [1.29, 1.82) is 0 Å². The van der Waals surface area contributed by atoms with Crippen LogP contribution in [0.2, 0.25) is 10.1 Å². The Morgan fingerprint density at radius 2 is 1.59 bits per heavy atom. The average Bonchev–Trinajstić information content (AvgIpc) is 2.81. The molecule has 4 rings (SSSR count). The Bertz CT molecular complexity index is 1090. The Hall–Kier alpha value is -2.60. The van der Waals surface area contributed by atoms with Crippen LogP contribution in [-0.4, -0.2) is 27.4 Å². The van der Waals surface area contributed by atoms with Crippen LogP contribution < -0.4 is 21.0 Å². The van der Waals surface area contributed by atoms with Gasteiger partial charge < -0.3 is 15.1 Å². The van der Waals surface area contributed by atoms with Gasteiger partial charge in [0.1, 0.15) is 0 Å². The van der Waals surface area contributed by atoms with Gasteiger partial charge in [-0.15, -0.1) is 0 Å². The van der Waals surface area contributed by atoms with Gasteiger partial charge in [0.15, 0.2) is 0 Å². The zero-order valence-corrected chi connectivity index (χ0v) is 21.9. The van der Waals surface area contributed by atoms with Crippen LogP contribution >= 0.6 is 11.6 Å². The van der Waals surface area contributed by atoms with Gasteiger partial charge >= 0.3 is 0 Å². The van der Waals surface area contributed by atoms with E-state index in [0.717, 1.165) is 18.5 Å². The molecule has 1 aliphatic heterocycles. The lowest BCUT2D eigenvalue weighted by Crippen LogP contribution is -2.67. The van der Waals surface area contributed by atoms with Gasteiger partial charge in [-0.3, -0.25) is 4.79 Å². The molecule has 4 nitrogen and oxygen atoms in total. The molecule has 0 bridgehead atoms. The monoisotopic (exact) mass is 492 g/mol. The first-order valence-corrected chi connectivity index (χ1v) is 14.1. The molecule has 0 spiro atoms. The summed E-state index contributed by atoms with van der Waals surface area (Å²) >= 11 is 6.45. The maximum absolute atomic E-state index is 13.6. The standard InChI is InChI=1S/C28H33ClN2O2Si/c1-28(2,3)34(23-12-6-4-7-13-23,24-14-8-5-9-15-24)33-20-21-11-10-18-31(27(21)32)26-17-16-22(30)19-25(26)29/h4-9,12-17,19,21H,10-11,18,20,30H2,1-3H3. The van der Waals surface area contributed by atoms with Gasteiger partial charge in [0.25, 0.3) is 8.32 Å². The molecular weight excluding hydrogens is 460 g/mol. The average molecular weight is 493 g/mol. The Kier molecular flexibility index (Phi) is 7.17. The van der Waals surface area contributed by atoms with Gasteiger partial charge in [-0.25, -0.2) is 0 Å². The van der Waals surface area contributed by atoms with E-state index in [2.05, 4.69) is 69.3 Å². The molecule has 1 atom stereocenters. The van der Waals surface area contributed by atoms with E-state index in [4.69, 9.17) is 21.8 Å². The summed E-state index contributed by atoms with van der Waals surface area (Å²) < 4.78 is 7.05. The van der Waals surface area contributed by atoms with Crippen LogP contribution in [0.4, 0.5) is 11.4 Å². The van der Waals surface area contributed by atoms with Crippen LogP contribution in [0.15, 0.2) is 78.9 Å². The van der Waals surface area contributed by atoms with E-state index in [0.29, 0.717) is 23.9 Å². The summed E-state index contributed by atoms with van der Waals surface area (Å²) in [5.74, 6) is -0.153. The second-order valence-corrected chi connectivity index (χ2v) is 14.7. The molecule has 0 saturated carbocycles. The molecule has 1 amide bonds. The number of piperidine rings is 1. The van der Waals surface area contributed by atoms with Crippen LogP contribution in [0.25, 0.3) is 0 Å². The number of halogens is 1. The number of rotatable bonds is 6. The van der Waals surface area contributed by atoms with Crippen molar-refractivity contribution in [3.05, 3.63) is 83.9 Å². The van der Waals surface area contributed by atoms with Gasteiger partial charge in [-0.2, -0.15) is 0 Å². The largest absolute Gasteiger partial charge is 0.407 e. The SMILES string of the molecule is CC(C)(C)[Si](OCC1CCCN(c2ccc(N)cc2Cl)C1=O)(c1ccccc1)c1ccccc1. The summed E-state index contributed by atoms with van der Waals surface area (Å²) in [7, 11) is -2.70. The van der Waals surface area contributed by atoms with Crippen molar-refractivity contribution in [2.24, 2.45) is 5.92 Å². The first-order chi connectivity index (χ1) is 16.2. The molecule has 34 heavy (non-hydrogen) atoms. The minimum absolute atomic E-state index is 0.0656. The summed E-state index contributed by atoms with van der Waals surface area (Å²) in [6, 6.07) is 26.4. The smallest absolute Gasteiger partial charge is 0.261 e. The first kappa shape index (κ1) is 24.5. The molecule has 0 aromatic heterocycles. The number of nitrogen functional groups attached to an aromatic ring is 1. The van der Waals surface area contributed by atoms with E-state index in [9.17, 15) is 4.79 Å². The highest BCUT2D eigenvalue weighted by atomic mass is 35.5. The minimum atomic E-state index is -2.70. The van der Waals surface area contributed by atoms with E-state index in [1.165, 1.54) is 10.4 Å². The van der Waals surface area contributed by atoms with Gasteiger partial charge in [0.2, 0.25) is 5.91 Å². The van der Waals surface area contributed by atoms with Crippen LogP contribution in [0, 0.1) is 5.92 Å². The molecule has 0 aliphatic carbocycles. The summed E-state index contributed by atoms with van der Waals surface area (Å²) in [6.45, 7) is 7.79. The normalized spacial score (nSPS) is 17.1. The van der Waals surface area contributed by atoms with E-state index in [1.54, 1.807) is 17.0 Å². The lowest BCUT2D eigenvalue weighted by molar-refractivity contribution is -0.124. The molecule has 1 saturated heterocycles. The van der Waals surface area contributed by atoms with Crippen LogP contribution in [0.3, 0.4) is 0 Å². The third-order valence-corrected chi connectivity index (χ3v) is 12.0. The van der Waals surface area contributed by atoms with Gasteiger partial charge in [0, 0.05) is 18.8 Å². The predicted octanol–water partition coefficient (Wildman–Crippen LogP) is 5.24. The zero-order chi connectivity index (χ0) is 24.3. The third kappa shape index (κ3) is 4.65. The number of carbonyl (C=O) groups excluding carboxylic acids is 1. The highest BCUT2D eigenvalue weighted by Crippen LogP contribution is 2.38. The van der Waals surface area contributed by atoms with Gasteiger partial charge in [-0.05, 0) is 46.5 Å². The van der Waals surface area contributed by atoms with Crippen LogP contribution in [0.1, 0.15) is 33.6 Å². The summed E-state index contributed by atoms with van der Waals surface area (Å²) in [5, 5.41) is 2.81. The topological polar surface area (TPSA) is 55.6 Å². The molecule has 6 heteroatoms. The highest BCUT2D eigenvalue weighted by molar-refractivity contribution is 6.99. The summed E-state index contributed by atoms with van der Waals surface area (Å²) in [4.78, 5) is 15.4. The Morgan fingerprint density at radius 3 is 2.12 bits per heavy atom. The molecule has 2 N–H and O–H groups in total. The number of carbonyl (C=O) groups is 1. The predicted molar refractivity (Wildman–Crippen MR) is 145 cm³/mol. The fourth-order valence-corrected chi connectivity index (χ4v) is 9.97. The van der Waals surface area contributed by atoms with Gasteiger partial charge in [-0.1, -0.05) is 93.0 Å². The van der Waals surface area contributed by atoms with Crippen molar-refractivity contribution in [1.82, 2.24) is 0 Å². The molecule has 1 heterocycles. The lowest BCUT2D eigenvalue weighted by Gasteiger charge is -2.44. The van der Waals surface area contributed by atoms with Crippen molar-refractivity contribution in [3.8, 4) is 0 Å². The summed E-state index contributed by atoms with van der Waals surface area (Å²) in [5.41, 5.74) is 7.17. The molecule has 1 fully saturated rings.